The van der Waals surface area contributed by atoms with Crippen LogP contribution in [0, 0.1) is 11.3 Å². The molecule has 0 spiro atoms. The van der Waals surface area contributed by atoms with E-state index in [1.807, 2.05) is 30.1 Å². The van der Waals surface area contributed by atoms with E-state index in [9.17, 15) is 0 Å². The van der Waals surface area contributed by atoms with Crippen LogP contribution < -0.4 is 4.90 Å². The van der Waals surface area contributed by atoms with Crippen molar-refractivity contribution in [2.45, 2.75) is 0 Å². The average Bonchev–Trinajstić information content (AvgIpc) is 2.38. The van der Waals surface area contributed by atoms with Gasteiger partial charge in [0.25, 0.3) is 0 Å². The number of nitrogens with zero attached hydrogens (tertiary/aromatic N) is 3. The number of hydrogen-bond donors (Lipinski definition) is 0. The zero-order chi connectivity index (χ0) is 13.1. The zero-order valence-electron chi connectivity index (χ0n) is 9.56. The minimum Gasteiger partial charge on any atom is -0.329 e. The first kappa shape index (κ1) is 13.1. The molecule has 5 heteroatoms. The van der Waals surface area contributed by atoms with Gasteiger partial charge in [-0.15, -0.1) is 0 Å². The molecule has 0 aliphatic rings. The Balaban J connectivity index is 2.35. The zero-order valence-corrected chi connectivity index (χ0v) is 12.7. The third-order valence-electron chi connectivity index (χ3n) is 2.49. The van der Waals surface area contributed by atoms with Crippen molar-refractivity contribution in [3.8, 4) is 6.07 Å². The van der Waals surface area contributed by atoms with Crippen molar-refractivity contribution in [3.05, 3.63) is 51.0 Å². The smallest absolute Gasteiger partial charge is 0.147 e. The van der Waals surface area contributed by atoms with E-state index in [4.69, 9.17) is 5.26 Å². The molecule has 0 N–H and O–H groups in total. The highest BCUT2D eigenvalue weighted by molar-refractivity contribution is 9.11. The predicted octanol–water partition coefficient (Wildman–Crippen LogP) is 4.25. The maximum absolute atomic E-state index is 8.77. The fraction of sp³-hybridized carbons (Fsp3) is 0.0769. The number of nitriles is 1. The summed E-state index contributed by atoms with van der Waals surface area (Å²) in [7, 11) is 1.93. The predicted molar refractivity (Wildman–Crippen MR) is 78.9 cm³/mol. The SMILES string of the molecule is CN(c1ccc(C#N)cc1)c1ncc(Br)cc1Br. The summed E-state index contributed by atoms with van der Waals surface area (Å²) in [5, 5.41) is 8.77. The topological polar surface area (TPSA) is 39.9 Å². The molecule has 2 aromatic rings. The molecular formula is C13H9Br2N3. The summed E-state index contributed by atoms with van der Waals surface area (Å²) in [4.78, 5) is 6.32. The summed E-state index contributed by atoms with van der Waals surface area (Å²) in [6.45, 7) is 0. The molecule has 1 heterocycles. The highest BCUT2D eigenvalue weighted by atomic mass is 79.9. The molecule has 0 atom stereocenters. The Kier molecular flexibility index (Phi) is 4.00. The molecule has 0 bridgehead atoms. The molecule has 3 nitrogen and oxygen atoms in total. The maximum Gasteiger partial charge on any atom is 0.147 e. The van der Waals surface area contributed by atoms with Crippen LogP contribution in [0.1, 0.15) is 5.56 Å². The fourth-order valence-electron chi connectivity index (χ4n) is 1.54. The Morgan fingerprint density at radius 1 is 1.22 bits per heavy atom. The fourth-order valence-corrected chi connectivity index (χ4v) is 2.79. The van der Waals surface area contributed by atoms with Gasteiger partial charge in [-0.1, -0.05) is 0 Å². The minimum absolute atomic E-state index is 0.648. The third kappa shape index (κ3) is 2.71. The van der Waals surface area contributed by atoms with Crippen molar-refractivity contribution in [2.24, 2.45) is 0 Å². The molecule has 0 saturated carbocycles. The first-order chi connectivity index (χ1) is 8.61. The van der Waals surface area contributed by atoms with Gasteiger partial charge in [0.05, 0.1) is 16.1 Å². The van der Waals surface area contributed by atoms with Gasteiger partial charge in [0.15, 0.2) is 0 Å². The van der Waals surface area contributed by atoms with Crippen LogP contribution in [0.15, 0.2) is 45.5 Å². The van der Waals surface area contributed by atoms with Crippen molar-refractivity contribution < 1.29 is 0 Å². The van der Waals surface area contributed by atoms with Gasteiger partial charge in [-0.05, 0) is 62.2 Å². The Hall–Kier alpha value is -1.38. The summed E-state index contributed by atoms with van der Waals surface area (Å²) in [5.41, 5.74) is 1.62. The molecule has 2 rings (SSSR count). The molecule has 0 aliphatic carbocycles. The van der Waals surface area contributed by atoms with E-state index in [0.717, 1.165) is 20.5 Å². The molecule has 1 aromatic carbocycles. The van der Waals surface area contributed by atoms with Crippen LogP contribution in [0.5, 0.6) is 0 Å². The van der Waals surface area contributed by atoms with Crippen LogP contribution in [0.2, 0.25) is 0 Å². The van der Waals surface area contributed by atoms with Gasteiger partial charge < -0.3 is 4.90 Å². The van der Waals surface area contributed by atoms with Gasteiger partial charge in [-0.3, -0.25) is 0 Å². The van der Waals surface area contributed by atoms with Gasteiger partial charge in [-0.25, -0.2) is 4.98 Å². The first-order valence-corrected chi connectivity index (χ1v) is 6.75. The summed E-state index contributed by atoms with van der Waals surface area (Å²) in [6.07, 6.45) is 1.75. The first-order valence-electron chi connectivity index (χ1n) is 5.17. The van der Waals surface area contributed by atoms with Crippen LogP contribution in [0.4, 0.5) is 11.5 Å². The Morgan fingerprint density at radius 3 is 2.44 bits per heavy atom. The Morgan fingerprint density at radius 2 is 1.89 bits per heavy atom. The van der Waals surface area contributed by atoms with Crippen LogP contribution in [-0.4, -0.2) is 12.0 Å². The molecule has 0 radical (unpaired) electrons. The highest BCUT2D eigenvalue weighted by Crippen LogP contribution is 2.30. The summed E-state index contributed by atoms with van der Waals surface area (Å²) in [6, 6.07) is 11.4. The van der Waals surface area contributed by atoms with Gasteiger partial charge in [0, 0.05) is 23.4 Å². The molecule has 18 heavy (non-hydrogen) atoms. The Bertz CT molecular complexity index is 603. The van der Waals surface area contributed by atoms with E-state index in [1.165, 1.54) is 0 Å². The summed E-state index contributed by atoms with van der Waals surface area (Å²) < 4.78 is 1.83. The number of benzene rings is 1. The highest BCUT2D eigenvalue weighted by Gasteiger charge is 2.09. The van der Waals surface area contributed by atoms with E-state index < -0.39 is 0 Å². The Labute approximate surface area is 122 Å². The number of hydrogen-bond acceptors (Lipinski definition) is 3. The lowest BCUT2D eigenvalue weighted by atomic mass is 10.2. The molecule has 90 valence electrons. The average molecular weight is 367 g/mol. The second kappa shape index (κ2) is 5.51. The normalized spacial score (nSPS) is 9.89. The van der Waals surface area contributed by atoms with E-state index in [1.54, 1.807) is 18.3 Å². The van der Waals surface area contributed by atoms with Gasteiger partial charge in [0.1, 0.15) is 5.82 Å². The van der Waals surface area contributed by atoms with Crippen LogP contribution in [-0.2, 0) is 0 Å². The van der Waals surface area contributed by atoms with Crippen molar-refractivity contribution in [2.75, 3.05) is 11.9 Å². The summed E-state index contributed by atoms with van der Waals surface area (Å²) in [5.74, 6) is 0.822. The standard InChI is InChI=1S/C13H9Br2N3/c1-18(11-4-2-9(7-16)3-5-11)13-12(15)6-10(14)8-17-13/h2-6,8H,1H3. The number of aromatic nitrogens is 1. The second-order valence-corrected chi connectivity index (χ2v) is 5.45. The summed E-state index contributed by atoms with van der Waals surface area (Å²) >= 11 is 6.86. The largest absolute Gasteiger partial charge is 0.329 e. The third-order valence-corrected chi connectivity index (χ3v) is 3.51. The van der Waals surface area contributed by atoms with Crippen LogP contribution in [0.25, 0.3) is 0 Å². The molecule has 0 aliphatic heterocycles. The number of pyridine rings is 1. The number of anilines is 2. The number of rotatable bonds is 2. The van der Waals surface area contributed by atoms with Crippen molar-refractivity contribution in [1.29, 1.82) is 5.26 Å². The lowest BCUT2D eigenvalue weighted by molar-refractivity contribution is 1.11. The van der Waals surface area contributed by atoms with Gasteiger partial charge in [0.2, 0.25) is 0 Å². The van der Waals surface area contributed by atoms with Crippen LogP contribution >= 0.6 is 31.9 Å². The molecule has 1 aromatic heterocycles. The molecule has 0 saturated heterocycles. The van der Waals surface area contributed by atoms with Crippen molar-refractivity contribution in [3.63, 3.8) is 0 Å². The van der Waals surface area contributed by atoms with Crippen LogP contribution in [0.3, 0.4) is 0 Å². The molecular weight excluding hydrogens is 358 g/mol. The lowest BCUT2D eigenvalue weighted by Gasteiger charge is -2.19. The molecule has 0 fully saturated rings. The second-order valence-electron chi connectivity index (χ2n) is 3.68. The van der Waals surface area contributed by atoms with Gasteiger partial charge in [-0.2, -0.15) is 5.26 Å². The minimum atomic E-state index is 0.648. The number of halogens is 2. The molecule has 0 unspecified atom stereocenters. The van der Waals surface area contributed by atoms with E-state index in [0.29, 0.717) is 5.56 Å². The monoisotopic (exact) mass is 365 g/mol. The van der Waals surface area contributed by atoms with E-state index in [-0.39, 0.29) is 0 Å². The van der Waals surface area contributed by atoms with E-state index in [2.05, 4.69) is 42.9 Å². The van der Waals surface area contributed by atoms with Crippen molar-refractivity contribution in [1.82, 2.24) is 4.98 Å². The van der Waals surface area contributed by atoms with E-state index >= 15 is 0 Å². The maximum atomic E-state index is 8.77. The molecule has 0 amide bonds. The quantitative estimate of drug-likeness (QED) is 0.797. The lowest BCUT2D eigenvalue weighted by Crippen LogP contribution is -2.11. The van der Waals surface area contributed by atoms with Gasteiger partial charge >= 0.3 is 0 Å². The van der Waals surface area contributed by atoms with Crippen molar-refractivity contribution >= 4 is 43.4 Å².